The lowest BCUT2D eigenvalue weighted by molar-refractivity contribution is 0.187. The lowest BCUT2D eigenvalue weighted by Crippen LogP contribution is -2.38. The Hall–Kier alpha value is -0.373. The first-order valence-corrected chi connectivity index (χ1v) is 7.77. The molecule has 0 aromatic carbocycles. The van der Waals surface area contributed by atoms with E-state index < -0.39 is 8.56 Å². The van der Waals surface area contributed by atoms with Gasteiger partial charge in [0.25, 0.3) is 0 Å². The average Bonchev–Trinajstić information content (AvgIpc) is 2.15. The van der Waals surface area contributed by atoms with E-state index >= 15 is 0 Å². The Labute approximate surface area is 88.3 Å². The molecule has 0 rings (SSSR count). The number of hydrogen-bond donors (Lipinski definition) is 0. The van der Waals surface area contributed by atoms with E-state index in [0.717, 1.165) is 12.5 Å². The summed E-state index contributed by atoms with van der Waals surface area (Å²) in [6.45, 7) is 9.38. The zero-order valence-corrected chi connectivity index (χ0v) is 10.7. The van der Waals surface area contributed by atoms with E-state index in [2.05, 4.69) is 12.6 Å². The summed E-state index contributed by atoms with van der Waals surface area (Å²) in [5.41, 5.74) is 0. The standard InChI is InChI=1S/C10H21NO2Si/c1-5-12-14(4,13-6-2)8-7-10(3)9-11/h10H,5-8H2,1-4H3. The van der Waals surface area contributed by atoms with Gasteiger partial charge in [0, 0.05) is 19.1 Å². The number of hydrogen-bond acceptors (Lipinski definition) is 3. The highest BCUT2D eigenvalue weighted by molar-refractivity contribution is 6.66. The first-order chi connectivity index (χ1) is 6.58. The van der Waals surface area contributed by atoms with Crippen molar-refractivity contribution in [1.82, 2.24) is 0 Å². The van der Waals surface area contributed by atoms with Crippen LogP contribution >= 0.6 is 0 Å². The second-order valence-electron chi connectivity index (χ2n) is 3.57. The molecule has 0 fully saturated rings. The van der Waals surface area contributed by atoms with Gasteiger partial charge in [-0.3, -0.25) is 0 Å². The van der Waals surface area contributed by atoms with Gasteiger partial charge >= 0.3 is 8.56 Å². The van der Waals surface area contributed by atoms with Crippen LogP contribution in [0.25, 0.3) is 0 Å². The minimum Gasteiger partial charge on any atom is -0.395 e. The summed E-state index contributed by atoms with van der Waals surface area (Å²) in [4.78, 5) is 0. The summed E-state index contributed by atoms with van der Waals surface area (Å²) in [5.74, 6) is 0.0998. The Bertz CT molecular complexity index is 185. The predicted molar refractivity (Wildman–Crippen MR) is 59.1 cm³/mol. The molecule has 1 atom stereocenters. The molecule has 0 heterocycles. The van der Waals surface area contributed by atoms with E-state index in [1.54, 1.807) is 0 Å². The van der Waals surface area contributed by atoms with Gasteiger partial charge in [0.15, 0.2) is 0 Å². The van der Waals surface area contributed by atoms with E-state index in [1.807, 2.05) is 20.8 Å². The largest absolute Gasteiger partial charge is 0.395 e. The molecule has 0 aromatic rings. The number of rotatable bonds is 7. The third-order valence-corrected chi connectivity index (χ3v) is 5.15. The SMILES string of the molecule is CCO[Si](C)(CCC(C)C#N)OCC. The van der Waals surface area contributed by atoms with E-state index in [1.165, 1.54) is 0 Å². The Morgan fingerprint density at radius 2 is 1.79 bits per heavy atom. The fourth-order valence-corrected chi connectivity index (χ4v) is 3.89. The molecule has 0 saturated heterocycles. The van der Waals surface area contributed by atoms with E-state index in [4.69, 9.17) is 14.1 Å². The Kier molecular flexibility index (Phi) is 6.80. The molecule has 0 spiro atoms. The van der Waals surface area contributed by atoms with E-state index in [9.17, 15) is 0 Å². The molecule has 4 heteroatoms. The Balaban J connectivity index is 4.02. The van der Waals surface area contributed by atoms with Crippen molar-refractivity contribution in [3.8, 4) is 6.07 Å². The highest BCUT2D eigenvalue weighted by Crippen LogP contribution is 2.19. The van der Waals surface area contributed by atoms with Crippen LogP contribution in [0.2, 0.25) is 12.6 Å². The number of nitrogens with zero attached hydrogens (tertiary/aromatic N) is 1. The molecule has 0 amide bonds. The number of nitriles is 1. The minimum atomic E-state index is -1.98. The van der Waals surface area contributed by atoms with E-state index in [0.29, 0.717) is 13.2 Å². The summed E-state index contributed by atoms with van der Waals surface area (Å²) in [6.07, 6.45) is 0.874. The van der Waals surface area contributed by atoms with Crippen molar-refractivity contribution < 1.29 is 8.85 Å². The lowest BCUT2D eigenvalue weighted by atomic mass is 10.1. The summed E-state index contributed by atoms with van der Waals surface area (Å²) in [7, 11) is -1.98. The first kappa shape index (κ1) is 13.6. The second-order valence-corrected chi connectivity index (χ2v) is 6.91. The zero-order chi connectivity index (χ0) is 11.0. The molecule has 82 valence electrons. The van der Waals surface area contributed by atoms with Gasteiger partial charge in [-0.2, -0.15) is 5.26 Å². The summed E-state index contributed by atoms with van der Waals surface area (Å²) in [6, 6.07) is 3.14. The van der Waals surface area contributed by atoms with Crippen LogP contribution in [0, 0.1) is 17.2 Å². The third kappa shape index (κ3) is 5.38. The predicted octanol–water partition coefficient (Wildman–Crippen LogP) is 2.68. The van der Waals surface area contributed by atoms with Crippen molar-refractivity contribution in [3.05, 3.63) is 0 Å². The van der Waals surface area contributed by atoms with Crippen LogP contribution in [0.1, 0.15) is 27.2 Å². The zero-order valence-electron chi connectivity index (χ0n) is 9.67. The quantitative estimate of drug-likeness (QED) is 0.613. The molecule has 0 aliphatic rings. The molecule has 0 aliphatic heterocycles. The molecule has 0 radical (unpaired) electrons. The van der Waals surface area contributed by atoms with Gasteiger partial charge in [-0.25, -0.2) is 0 Å². The van der Waals surface area contributed by atoms with Crippen molar-refractivity contribution in [2.45, 2.75) is 39.8 Å². The highest BCUT2D eigenvalue weighted by atomic mass is 28.4. The van der Waals surface area contributed by atoms with Gasteiger partial charge in [-0.05, 0) is 39.8 Å². The van der Waals surface area contributed by atoms with Gasteiger partial charge in [-0.15, -0.1) is 0 Å². The topological polar surface area (TPSA) is 42.2 Å². The van der Waals surface area contributed by atoms with Gasteiger partial charge < -0.3 is 8.85 Å². The summed E-state index contributed by atoms with van der Waals surface area (Å²) in [5, 5.41) is 8.68. The maximum absolute atomic E-state index is 8.68. The molecule has 0 saturated carbocycles. The van der Waals surface area contributed by atoms with Gasteiger partial charge in [0.05, 0.1) is 6.07 Å². The van der Waals surface area contributed by atoms with Crippen molar-refractivity contribution in [2.24, 2.45) is 5.92 Å². The molecule has 1 unspecified atom stereocenters. The normalized spacial score (nSPS) is 13.6. The molecule has 0 aromatic heterocycles. The Morgan fingerprint density at radius 3 is 2.14 bits per heavy atom. The van der Waals surface area contributed by atoms with Crippen LogP contribution in [0.4, 0.5) is 0 Å². The van der Waals surface area contributed by atoms with Crippen molar-refractivity contribution in [2.75, 3.05) is 13.2 Å². The first-order valence-electron chi connectivity index (χ1n) is 5.25. The van der Waals surface area contributed by atoms with Crippen LogP contribution in [-0.4, -0.2) is 21.8 Å². The molecule has 0 aliphatic carbocycles. The molecule has 14 heavy (non-hydrogen) atoms. The van der Waals surface area contributed by atoms with E-state index in [-0.39, 0.29) is 5.92 Å². The molecule has 0 N–H and O–H groups in total. The fraction of sp³-hybridized carbons (Fsp3) is 0.900. The molecule has 0 bridgehead atoms. The fourth-order valence-electron chi connectivity index (χ4n) is 1.34. The van der Waals surface area contributed by atoms with Gasteiger partial charge in [0.2, 0.25) is 0 Å². The monoisotopic (exact) mass is 215 g/mol. The lowest BCUT2D eigenvalue weighted by Gasteiger charge is -2.26. The molecular formula is C10H21NO2Si. The molecular weight excluding hydrogens is 194 g/mol. The summed E-state index contributed by atoms with van der Waals surface area (Å²) >= 11 is 0. The van der Waals surface area contributed by atoms with Crippen LogP contribution in [-0.2, 0) is 8.85 Å². The van der Waals surface area contributed by atoms with Gasteiger partial charge in [0.1, 0.15) is 0 Å². The van der Waals surface area contributed by atoms with Crippen LogP contribution in [0.3, 0.4) is 0 Å². The van der Waals surface area contributed by atoms with Crippen molar-refractivity contribution >= 4 is 8.56 Å². The minimum absolute atomic E-state index is 0.0998. The summed E-state index contributed by atoms with van der Waals surface area (Å²) < 4.78 is 11.3. The Morgan fingerprint density at radius 1 is 1.29 bits per heavy atom. The highest BCUT2D eigenvalue weighted by Gasteiger charge is 2.30. The van der Waals surface area contributed by atoms with Crippen molar-refractivity contribution in [1.29, 1.82) is 5.26 Å². The second kappa shape index (κ2) is 6.99. The maximum atomic E-state index is 8.68. The smallest absolute Gasteiger partial charge is 0.334 e. The third-order valence-electron chi connectivity index (χ3n) is 2.15. The van der Waals surface area contributed by atoms with Gasteiger partial charge in [-0.1, -0.05) is 0 Å². The van der Waals surface area contributed by atoms with Crippen LogP contribution < -0.4 is 0 Å². The average molecular weight is 215 g/mol. The van der Waals surface area contributed by atoms with Crippen molar-refractivity contribution in [3.63, 3.8) is 0 Å². The van der Waals surface area contributed by atoms with Crippen LogP contribution in [0.15, 0.2) is 0 Å². The van der Waals surface area contributed by atoms with Crippen LogP contribution in [0.5, 0.6) is 0 Å². The maximum Gasteiger partial charge on any atom is 0.334 e. The molecule has 3 nitrogen and oxygen atoms in total.